The zero-order valence-corrected chi connectivity index (χ0v) is 28.4. The van der Waals surface area contributed by atoms with Gasteiger partial charge >= 0.3 is 0 Å². The van der Waals surface area contributed by atoms with Gasteiger partial charge in [0.2, 0.25) is 0 Å². The van der Waals surface area contributed by atoms with Crippen molar-refractivity contribution in [1.82, 2.24) is 0 Å². The highest BCUT2D eigenvalue weighted by Gasteiger charge is 1.95. The van der Waals surface area contributed by atoms with Crippen LogP contribution in [0.4, 0.5) is 5.69 Å². The summed E-state index contributed by atoms with van der Waals surface area (Å²) in [5.74, 6) is 0. The molecule has 0 radical (unpaired) electrons. The van der Waals surface area contributed by atoms with Crippen molar-refractivity contribution in [1.29, 1.82) is 0 Å². The van der Waals surface area contributed by atoms with Crippen molar-refractivity contribution in [2.75, 3.05) is 5.73 Å². The molecule has 0 amide bonds. The van der Waals surface area contributed by atoms with E-state index in [0.717, 1.165) is 22.5 Å². The van der Waals surface area contributed by atoms with Crippen LogP contribution in [0.1, 0.15) is 132 Å². The maximum atomic E-state index is 5.74. The SMILES string of the molecule is C/C=C(C)\C=C/CC.C=c1cc(C)cc/c1=C/c1ccc(N)cc1C.CC.CC.CCC.CCC.CCC. The lowest BCUT2D eigenvalue weighted by atomic mass is 10.1. The van der Waals surface area contributed by atoms with Gasteiger partial charge in [0.05, 0.1) is 0 Å². The van der Waals surface area contributed by atoms with Crippen molar-refractivity contribution in [3.8, 4) is 0 Å². The molecule has 0 aromatic heterocycles. The molecule has 1 nitrogen and oxygen atoms in total. The van der Waals surface area contributed by atoms with E-state index < -0.39 is 0 Å². The Bertz CT molecular complexity index is 896. The quantitative estimate of drug-likeness (QED) is 0.313. The van der Waals surface area contributed by atoms with E-state index in [4.69, 9.17) is 5.73 Å². The maximum Gasteiger partial charge on any atom is 0.0317 e. The third-order valence-electron chi connectivity index (χ3n) is 3.98. The fraction of sp³-hybridized carbons (Fsp3) is 0.514. The van der Waals surface area contributed by atoms with Crippen LogP contribution in [0.15, 0.2) is 60.2 Å². The molecule has 0 aliphatic heterocycles. The van der Waals surface area contributed by atoms with Gasteiger partial charge in [0, 0.05) is 5.69 Å². The second-order valence-corrected chi connectivity index (χ2v) is 8.43. The van der Waals surface area contributed by atoms with Crippen molar-refractivity contribution < 1.29 is 0 Å². The van der Waals surface area contributed by atoms with Crippen LogP contribution >= 0.6 is 0 Å². The first-order valence-electron chi connectivity index (χ1n) is 15.0. The van der Waals surface area contributed by atoms with Gasteiger partial charge in [0.15, 0.2) is 0 Å². The van der Waals surface area contributed by atoms with Gasteiger partial charge in [-0.2, -0.15) is 0 Å². The standard InChI is InChI=1S/C16H17N.C8H14.3C3H8.2C2H6/c1-11-4-5-14(12(2)8-11)10-15-6-7-16(17)9-13(15)3;1-4-6-7-8(3)5-2;3*1-3-2;2*1-2/h4-10H,2,17H2,1,3H3;5-7H,4H2,1-3H3;3*3H2,1-2H3;2*1-2H3/b14-10-;7-6-,8-5-;;;;;. The van der Waals surface area contributed by atoms with E-state index >= 15 is 0 Å². The van der Waals surface area contributed by atoms with Crippen LogP contribution in [0.3, 0.4) is 0 Å². The molecule has 2 aromatic rings. The van der Waals surface area contributed by atoms with E-state index in [1.54, 1.807) is 0 Å². The summed E-state index contributed by atoms with van der Waals surface area (Å²) in [5.41, 5.74) is 11.5. The predicted octanol–water partition coefficient (Wildman–Crippen LogP) is 11.3. The molecule has 2 rings (SSSR count). The lowest BCUT2D eigenvalue weighted by molar-refractivity contribution is 1.09. The van der Waals surface area contributed by atoms with Crippen LogP contribution < -0.4 is 16.2 Å². The summed E-state index contributed by atoms with van der Waals surface area (Å²) in [6.45, 7) is 35.3. The lowest BCUT2D eigenvalue weighted by Gasteiger charge is -2.02. The number of nitrogen functional groups attached to an aromatic ring is 1. The summed E-state index contributed by atoms with van der Waals surface area (Å²) < 4.78 is 0. The second-order valence-electron chi connectivity index (χ2n) is 8.43. The Morgan fingerprint density at radius 3 is 1.63 bits per heavy atom. The van der Waals surface area contributed by atoms with Gasteiger partial charge in [-0.15, -0.1) is 0 Å². The molecule has 1 heteroatoms. The number of anilines is 1. The molecule has 0 saturated carbocycles. The van der Waals surface area contributed by atoms with Gasteiger partial charge in [0.1, 0.15) is 0 Å². The van der Waals surface area contributed by atoms with Gasteiger partial charge in [-0.25, -0.2) is 0 Å². The highest BCUT2D eigenvalue weighted by Crippen LogP contribution is 2.12. The summed E-state index contributed by atoms with van der Waals surface area (Å²) in [6.07, 6.45) is 13.4. The van der Waals surface area contributed by atoms with E-state index in [9.17, 15) is 0 Å². The first-order valence-corrected chi connectivity index (χ1v) is 15.0. The fourth-order valence-electron chi connectivity index (χ4n) is 2.30. The average molecular weight is 526 g/mol. The molecule has 0 spiro atoms. The molecule has 0 aliphatic rings. The highest BCUT2D eigenvalue weighted by atomic mass is 14.5. The van der Waals surface area contributed by atoms with E-state index in [2.05, 4.69) is 125 Å². The van der Waals surface area contributed by atoms with Crippen LogP contribution in [-0.2, 0) is 0 Å². The smallest absolute Gasteiger partial charge is 0.0317 e. The predicted molar refractivity (Wildman–Crippen MR) is 185 cm³/mol. The molecule has 0 saturated heterocycles. The molecule has 2 aromatic carbocycles. The molecule has 0 aliphatic carbocycles. The molecule has 0 atom stereocenters. The maximum absolute atomic E-state index is 5.74. The molecule has 0 fully saturated rings. The normalized spacial score (nSPS) is 9.76. The van der Waals surface area contributed by atoms with Crippen LogP contribution in [0.2, 0.25) is 0 Å². The van der Waals surface area contributed by atoms with Crippen LogP contribution in [-0.4, -0.2) is 0 Å². The van der Waals surface area contributed by atoms with E-state index in [1.807, 2.05) is 45.9 Å². The van der Waals surface area contributed by atoms with E-state index in [1.165, 1.54) is 41.5 Å². The van der Waals surface area contributed by atoms with Gasteiger partial charge in [-0.1, -0.05) is 156 Å². The molecule has 2 N–H and O–H groups in total. The minimum absolute atomic E-state index is 0.804. The first kappa shape index (κ1) is 45.4. The number of hydrogen-bond acceptors (Lipinski definition) is 1. The summed E-state index contributed by atoms with van der Waals surface area (Å²) >= 11 is 0. The van der Waals surface area contributed by atoms with E-state index in [-0.39, 0.29) is 0 Å². The molecule has 0 bridgehead atoms. The number of allylic oxidation sites excluding steroid dienone is 4. The van der Waals surface area contributed by atoms with Gasteiger partial charge in [-0.3, -0.25) is 0 Å². The minimum atomic E-state index is 0.804. The Morgan fingerprint density at radius 1 is 0.789 bits per heavy atom. The summed E-state index contributed by atoms with van der Waals surface area (Å²) in [7, 11) is 0. The van der Waals surface area contributed by atoms with Crippen molar-refractivity contribution in [2.24, 2.45) is 0 Å². The minimum Gasteiger partial charge on any atom is -0.399 e. The monoisotopic (exact) mass is 526 g/mol. The van der Waals surface area contributed by atoms with Crippen molar-refractivity contribution in [3.63, 3.8) is 0 Å². The molecule has 220 valence electrons. The Morgan fingerprint density at radius 2 is 1.26 bits per heavy atom. The summed E-state index contributed by atoms with van der Waals surface area (Å²) in [4.78, 5) is 0. The largest absolute Gasteiger partial charge is 0.399 e. The molecular weight excluding hydrogens is 458 g/mol. The van der Waals surface area contributed by atoms with Crippen LogP contribution in [0, 0.1) is 13.8 Å². The Balaban J connectivity index is -0.000000145. The number of rotatable bonds is 3. The molecule has 0 heterocycles. The third-order valence-corrected chi connectivity index (χ3v) is 3.98. The zero-order valence-electron chi connectivity index (χ0n) is 28.4. The fourth-order valence-corrected chi connectivity index (χ4v) is 2.30. The molecule has 38 heavy (non-hydrogen) atoms. The molecule has 0 unspecified atom stereocenters. The molecular formula is C37H67N. The van der Waals surface area contributed by atoms with E-state index in [0.29, 0.717) is 0 Å². The number of hydrogen-bond donors (Lipinski definition) is 1. The van der Waals surface area contributed by atoms with Crippen LogP contribution in [0.25, 0.3) is 12.7 Å². The Hall–Kier alpha value is -2.54. The second kappa shape index (κ2) is 36.6. The Kier molecular flexibility index (Phi) is 43.7. The van der Waals surface area contributed by atoms with Gasteiger partial charge in [-0.05, 0) is 73.9 Å². The van der Waals surface area contributed by atoms with Crippen molar-refractivity contribution in [2.45, 2.75) is 130 Å². The lowest BCUT2D eigenvalue weighted by Crippen LogP contribution is -2.22. The Labute approximate surface area is 240 Å². The van der Waals surface area contributed by atoms with Gasteiger partial charge in [0.25, 0.3) is 0 Å². The third kappa shape index (κ3) is 31.5. The zero-order chi connectivity index (χ0) is 30.9. The number of aryl methyl sites for hydroxylation is 2. The summed E-state index contributed by atoms with van der Waals surface area (Å²) in [6, 6.07) is 12.3. The summed E-state index contributed by atoms with van der Waals surface area (Å²) in [5, 5.41) is 2.21. The number of nitrogens with two attached hydrogens (primary N) is 1. The topological polar surface area (TPSA) is 26.0 Å². The van der Waals surface area contributed by atoms with Crippen molar-refractivity contribution >= 4 is 18.3 Å². The van der Waals surface area contributed by atoms with Gasteiger partial charge < -0.3 is 5.73 Å². The first-order chi connectivity index (χ1) is 18.1. The van der Waals surface area contributed by atoms with Crippen molar-refractivity contribution in [3.05, 3.63) is 87.3 Å². The average Bonchev–Trinajstić information content (AvgIpc) is 2.90. The van der Waals surface area contributed by atoms with Crippen LogP contribution in [0.5, 0.6) is 0 Å². The number of benzene rings is 2. The highest BCUT2D eigenvalue weighted by molar-refractivity contribution is 5.58.